The average molecular weight is 701 g/mol. The Morgan fingerprint density at radius 1 is 1.05 bits per heavy atom. The maximum absolute atomic E-state index is 14.3. The van der Waals surface area contributed by atoms with E-state index in [0.29, 0.717) is 34.7 Å². The third-order valence-electron chi connectivity index (χ3n) is 6.71. The predicted octanol–water partition coefficient (Wildman–Crippen LogP) is 7.39. The molecule has 216 valence electrons. The number of carboxylic acids is 1. The summed E-state index contributed by atoms with van der Waals surface area (Å²) in [5.41, 5.74) is 1.67. The number of fused-ring (bicyclic) bond motifs is 1. The van der Waals surface area contributed by atoms with Crippen LogP contribution in [0.25, 0.3) is 0 Å². The topological polar surface area (TPSA) is 87.2 Å². The number of carboxylic acid groups (broad SMARTS) is 1. The molecule has 1 aliphatic heterocycles. The molecule has 0 spiro atoms. The van der Waals surface area contributed by atoms with E-state index >= 15 is 0 Å². The zero-order valence-corrected chi connectivity index (χ0v) is 24.6. The van der Waals surface area contributed by atoms with Crippen molar-refractivity contribution in [1.82, 2.24) is 4.90 Å². The molecule has 1 N–H and O–H groups in total. The van der Waals surface area contributed by atoms with Crippen molar-refractivity contribution in [1.29, 1.82) is 0 Å². The molecule has 2 amide bonds. The van der Waals surface area contributed by atoms with Crippen LogP contribution in [-0.4, -0.2) is 40.7 Å². The fourth-order valence-electron chi connectivity index (χ4n) is 4.79. The number of aliphatic carboxylic acids is 1. The third kappa shape index (κ3) is 7.31. The van der Waals surface area contributed by atoms with Gasteiger partial charge in [-0.3, -0.25) is 14.4 Å². The van der Waals surface area contributed by atoms with E-state index in [1.807, 2.05) is 0 Å². The van der Waals surface area contributed by atoms with E-state index in [0.717, 1.165) is 15.7 Å². The Morgan fingerprint density at radius 3 is 2.32 bits per heavy atom. The normalized spacial score (nSPS) is 16.3. The number of hydrogen-bond acceptors (Lipinski definition) is 4. The molecule has 0 unspecified atom stereocenters. The number of unbranched alkanes of at least 4 members (excludes halogenated alkanes) is 1. The lowest BCUT2D eigenvalue weighted by molar-refractivity contribution is -0.274. The van der Waals surface area contributed by atoms with E-state index in [1.54, 1.807) is 49.4 Å². The first-order valence-electron chi connectivity index (χ1n) is 12.6. The molecule has 0 saturated carbocycles. The summed E-state index contributed by atoms with van der Waals surface area (Å²) >= 11 is 8.19. The lowest BCUT2D eigenvalue weighted by Crippen LogP contribution is -2.44. The zero-order chi connectivity index (χ0) is 29.9. The van der Waals surface area contributed by atoms with Gasteiger partial charge < -0.3 is 19.6 Å². The molecule has 2 atom stereocenters. The highest BCUT2D eigenvalue weighted by Crippen LogP contribution is 2.41. The molecule has 12 heteroatoms. The van der Waals surface area contributed by atoms with Gasteiger partial charge in [-0.1, -0.05) is 35.9 Å². The second-order valence-electron chi connectivity index (χ2n) is 9.46. The van der Waals surface area contributed by atoms with Crippen molar-refractivity contribution in [2.75, 3.05) is 11.4 Å². The number of carbonyl (C=O) groups excluding carboxylic acids is 2. The third-order valence-corrected chi connectivity index (χ3v) is 7.64. The molecular formula is C29H25ClF3IN2O5. The molecule has 7 nitrogen and oxygen atoms in total. The van der Waals surface area contributed by atoms with Crippen molar-refractivity contribution in [3.8, 4) is 5.75 Å². The van der Waals surface area contributed by atoms with Crippen LogP contribution < -0.4 is 9.64 Å². The number of ether oxygens (including phenoxy) is 1. The monoisotopic (exact) mass is 700 g/mol. The fraction of sp³-hybridized carbons (Fsp3) is 0.276. The summed E-state index contributed by atoms with van der Waals surface area (Å²) < 4.78 is 42.9. The molecule has 0 aromatic heterocycles. The smallest absolute Gasteiger partial charge is 0.481 e. The van der Waals surface area contributed by atoms with E-state index in [-0.39, 0.29) is 18.5 Å². The van der Waals surface area contributed by atoms with Gasteiger partial charge in [-0.2, -0.15) is 0 Å². The van der Waals surface area contributed by atoms with Crippen LogP contribution >= 0.6 is 34.2 Å². The van der Waals surface area contributed by atoms with Crippen molar-refractivity contribution in [2.24, 2.45) is 0 Å². The van der Waals surface area contributed by atoms with E-state index in [1.165, 1.54) is 21.9 Å². The van der Waals surface area contributed by atoms with Crippen LogP contribution in [0, 0.1) is 3.57 Å². The Bertz CT molecular complexity index is 1430. The second-order valence-corrected chi connectivity index (χ2v) is 11.1. The molecule has 3 aromatic rings. The van der Waals surface area contributed by atoms with Gasteiger partial charge in [0.15, 0.2) is 0 Å². The van der Waals surface area contributed by atoms with Gasteiger partial charge in [0, 0.05) is 21.6 Å². The summed E-state index contributed by atoms with van der Waals surface area (Å²) in [4.78, 5) is 42.6. The van der Waals surface area contributed by atoms with Crippen LogP contribution in [0.2, 0.25) is 5.02 Å². The summed E-state index contributed by atoms with van der Waals surface area (Å²) in [5, 5.41) is 9.49. The maximum Gasteiger partial charge on any atom is 0.573 e. The number of rotatable bonds is 9. The summed E-state index contributed by atoms with van der Waals surface area (Å²) in [6.45, 7) is 1.88. The number of halogens is 5. The SMILES string of the molecule is C[C@H](c1ccc(OC(F)(F)F)cc1)N1C(=O)c2cc(I)ccc2N(CCCCC(=O)O)C(=O)[C@@H]1c1ccc(Cl)cc1. The highest BCUT2D eigenvalue weighted by atomic mass is 127. The zero-order valence-electron chi connectivity index (χ0n) is 21.7. The summed E-state index contributed by atoms with van der Waals surface area (Å²) in [6, 6.07) is 15.0. The molecule has 4 rings (SSSR count). The second kappa shape index (κ2) is 12.7. The van der Waals surface area contributed by atoms with Crippen LogP contribution in [0.15, 0.2) is 66.7 Å². The lowest BCUT2D eigenvalue weighted by Gasteiger charge is -2.36. The van der Waals surface area contributed by atoms with Crippen molar-refractivity contribution < 1.29 is 37.4 Å². The molecule has 0 saturated heterocycles. The van der Waals surface area contributed by atoms with E-state index in [4.69, 9.17) is 16.7 Å². The number of amides is 2. The maximum atomic E-state index is 14.3. The Labute approximate surface area is 253 Å². The Morgan fingerprint density at radius 2 is 1.71 bits per heavy atom. The Balaban J connectivity index is 1.81. The molecule has 0 aliphatic carbocycles. The summed E-state index contributed by atoms with van der Waals surface area (Å²) in [6.07, 6.45) is -4.18. The fourth-order valence-corrected chi connectivity index (χ4v) is 5.41. The lowest BCUT2D eigenvalue weighted by atomic mass is 9.98. The Kier molecular flexibility index (Phi) is 9.48. The van der Waals surface area contributed by atoms with Crippen molar-refractivity contribution >= 4 is 57.7 Å². The largest absolute Gasteiger partial charge is 0.573 e. The minimum absolute atomic E-state index is 0.0572. The molecule has 1 aliphatic rings. The number of carbonyl (C=O) groups is 3. The first kappa shape index (κ1) is 30.6. The van der Waals surface area contributed by atoms with Crippen LogP contribution in [0.5, 0.6) is 5.75 Å². The number of hydrogen-bond donors (Lipinski definition) is 1. The highest BCUT2D eigenvalue weighted by Gasteiger charge is 2.43. The van der Waals surface area contributed by atoms with Crippen LogP contribution in [0.3, 0.4) is 0 Å². The van der Waals surface area contributed by atoms with Gasteiger partial charge in [0.1, 0.15) is 11.8 Å². The summed E-state index contributed by atoms with van der Waals surface area (Å²) in [5.74, 6) is -2.20. The quantitative estimate of drug-likeness (QED) is 0.186. The summed E-state index contributed by atoms with van der Waals surface area (Å²) in [7, 11) is 0. The minimum atomic E-state index is -4.85. The van der Waals surface area contributed by atoms with Gasteiger partial charge in [-0.05, 0) is 95.9 Å². The van der Waals surface area contributed by atoms with E-state index < -0.39 is 42.0 Å². The van der Waals surface area contributed by atoms with E-state index in [9.17, 15) is 27.6 Å². The van der Waals surface area contributed by atoms with Gasteiger partial charge in [0.2, 0.25) is 0 Å². The first-order chi connectivity index (χ1) is 19.4. The average Bonchev–Trinajstić information content (AvgIpc) is 2.99. The number of alkyl halides is 3. The van der Waals surface area contributed by atoms with Crippen LogP contribution in [-0.2, 0) is 9.59 Å². The predicted molar refractivity (Wildman–Crippen MR) is 155 cm³/mol. The van der Waals surface area contributed by atoms with Crippen molar-refractivity contribution in [3.63, 3.8) is 0 Å². The van der Waals surface area contributed by atoms with Gasteiger partial charge in [0.25, 0.3) is 11.8 Å². The highest BCUT2D eigenvalue weighted by molar-refractivity contribution is 14.1. The van der Waals surface area contributed by atoms with Gasteiger partial charge >= 0.3 is 12.3 Å². The molecule has 1 heterocycles. The molecule has 3 aromatic carbocycles. The van der Waals surface area contributed by atoms with Crippen molar-refractivity contribution in [2.45, 2.75) is 44.6 Å². The number of nitrogens with zero attached hydrogens (tertiary/aromatic N) is 2. The number of anilines is 1. The molecule has 0 radical (unpaired) electrons. The van der Waals surface area contributed by atoms with Crippen LogP contribution in [0.1, 0.15) is 59.8 Å². The molecular weight excluding hydrogens is 676 g/mol. The van der Waals surface area contributed by atoms with Gasteiger partial charge in [-0.15, -0.1) is 13.2 Å². The van der Waals surface area contributed by atoms with Gasteiger partial charge in [0.05, 0.1) is 17.3 Å². The number of benzene rings is 3. The van der Waals surface area contributed by atoms with Gasteiger partial charge in [-0.25, -0.2) is 0 Å². The molecule has 0 fully saturated rings. The Hall–Kier alpha value is -3.32. The standard InChI is InChI=1S/C29H25ClF3IN2O5/c1-17(18-7-12-22(13-8-18)41-29(31,32)33)36-26(19-5-9-20(30)10-6-19)28(40)35(15-3-2-4-25(37)38)24-14-11-21(34)16-23(24)27(36)39/h5-14,16-17,26H,2-4,15H2,1H3,(H,37,38)/t17-,26+/m1/s1. The molecule has 41 heavy (non-hydrogen) atoms. The van der Waals surface area contributed by atoms with E-state index in [2.05, 4.69) is 27.3 Å². The molecule has 0 bridgehead atoms. The minimum Gasteiger partial charge on any atom is -0.481 e. The first-order valence-corrected chi connectivity index (χ1v) is 14.1. The van der Waals surface area contributed by atoms with Crippen LogP contribution in [0.4, 0.5) is 18.9 Å². The van der Waals surface area contributed by atoms with Crippen molar-refractivity contribution in [3.05, 3.63) is 92.0 Å².